The van der Waals surface area contributed by atoms with Gasteiger partial charge in [-0.1, -0.05) is 48.9 Å². The normalized spacial score (nSPS) is 12.4. The predicted molar refractivity (Wildman–Crippen MR) is 93.3 cm³/mol. The van der Waals surface area contributed by atoms with Gasteiger partial charge in [0.15, 0.2) is 0 Å². The highest BCUT2D eigenvalue weighted by molar-refractivity contribution is 7.16. The Bertz CT molecular complexity index is 600. The first-order valence-corrected chi connectivity index (χ1v) is 8.58. The molecule has 2 aromatic rings. The topological polar surface area (TPSA) is 32.3 Å². The van der Waals surface area contributed by atoms with Crippen LogP contribution in [0.1, 0.15) is 30.3 Å². The van der Waals surface area contributed by atoms with Crippen LogP contribution >= 0.6 is 22.9 Å². The Labute approximate surface area is 140 Å². The number of carbonyl (C=O) groups is 1. The lowest BCUT2D eigenvalue weighted by atomic mass is 10.1. The van der Waals surface area contributed by atoms with E-state index in [9.17, 15) is 4.79 Å². The second-order valence-corrected chi connectivity index (χ2v) is 7.01. The van der Waals surface area contributed by atoms with Gasteiger partial charge in [0.1, 0.15) is 0 Å². The molecule has 0 aliphatic carbocycles. The van der Waals surface area contributed by atoms with E-state index >= 15 is 0 Å². The lowest BCUT2D eigenvalue weighted by Gasteiger charge is -2.21. The molecule has 1 heterocycles. The van der Waals surface area contributed by atoms with E-state index in [4.69, 9.17) is 11.6 Å². The highest BCUT2D eigenvalue weighted by atomic mass is 35.5. The molecular formula is C17H21ClN2OS. The van der Waals surface area contributed by atoms with Gasteiger partial charge >= 0.3 is 0 Å². The molecule has 3 nitrogen and oxygen atoms in total. The summed E-state index contributed by atoms with van der Waals surface area (Å²) in [7, 11) is 0. The van der Waals surface area contributed by atoms with Crippen LogP contribution in [0, 0.1) is 0 Å². The number of hydrogen-bond donors (Lipinski definition) is 1. The highest BCUT2D eigenvalue weighted by Crippen LogP contribution is 2.22. The van der Waals surface area contributed by atoms with E-state index in [1.54, 1.807) is 11.3 Å². The SMILES string of the molecule is CCN(CC(=O)NC(C)c1ccccc1)Cc1ccc(Cl)s1. The molecule has 0 aliphatic rings. The molecule has 0 spiro atoms. The monoisotopic (exact) mass is 336 g/mol. The zero-order valence-electron chi connectivity index (χ0n) is 12.9. The van der Waals surface area contributed by atoms with Crippen LogP contribution in [0.3, 0.4) is 0 Å². The van der Waals surface area contributed by atoms with E-state index in [1.807, 2.05) is 49.4 Å². The average molecular weight is 337 g/mol. The summed E-state index contributed by atoms with van der Waals surface area (Å²) in [5.74, 6) is 0.0425. The van der Waals surface area contributed by atoms with Gasteiger partial charge in [-0.15, -0.1) is 11.3 Å². The van der Waals surface area contributed by atoms with Crippen LogP contribution in [0.4, 0.5) is 0 Å². The minimum Gasteiger partial charge on any atom is -0.348 e. The third kappa shape index (κ3) is 5.13. The molecule has 2 rings (SSSR count). The summed E-state index contributed by atoms with van der Waals surface area (Å²) in [5, 5.41) is 3.05. The van der Waals surface area contributed by atoms with Crippen molar-refractivity contribution in [3.8, 4) is 0 Å². The summed E-state index contributed by atoms with van der Waals surface area (Å²) in [5.41, 5.74) is 1.11. The number of rotatable bonds is 7. The quantitative estimate of drug-likeness (QED) is 0.825. The fraction of sp³-hybridized carbons (Fsp3) is 0.353. The van der Waals surface area contributed by atoms with E-state index in [0.717, 1.165) is 23.0 Å². The molecule has 1 amide bonds. The number of likely N-dealkylation sites (N-methyl/N-ethyl adjacent to an activating group) is 1. The maximum Gasteiger partial charge on any atom is 0.234 e. The molecule has 0 aliphatic heterocycles. The third-order valence-electron chi connectivity index (χ3n) is 3.50. The van der Waals surface area contributed by atoms with Crippen molar-refractivity contribution in [3.63, 3.8) is 0 Å². The van der Waals surface area contributed by atoms with E-state index < -0.39 is 0 Å². The third-order valence-corrected chi connectivity index (χ3v) is 4.72. The first-order chi connectivity index (χ1) is 10.6. The maximum atomic E-state index is 12.2. The number of halogens is 1. The van der Waals surface area contributed by atoms with Crippen molar-refractivity contribution in [2.24, 2.45) is 0 Å². The van der Waals surface area contributed by atoms with Crippen LogP contribution in [0.5, 0.6) is 0 Å². The minimum absolute atomic E-state index is 0.0172. The lowest BCUT2D eigenvalue weighted by Crippen LogP contribution is -2.37. The smallest absolute Gasteiger partial charge is 0.234 e. The summed E-state index contributed by atoms with van der Waals surface area (Å²) in [6.07, 6.45) is 0. The van der Waals surface area contributed by atoms with E-state index in [-0.39, 0.29) is 11.9 Å². The average Bonchev–Trinajstić information content (AvgIpc) is 2.92. The number of nitrogens with zero attached hydrogens (tertiary/aromatic N) is 1. The largest absolute Gasteiger partial charge is 0.348 e. The number of benzene rings is 1. The Kier molecular flexibility index (Phi) is 6.43. The van der Waals surface area contributed by atoms with Crippen LogP contribution in [0.2, 0.25) is 4.34 Å². The Balaban J connectivity index is 1.86. The Morgan fingerprint density at radius 2 is 2.00 bits per heavy atom. The molecule has 22 heavy (non-hydrogen) atoms. The van der Waals surface area contributed by atoms with Crippen LogP contribution in [-0.4, -0.2) is 23.9 Å². The van der Waals surface area contributed by atoms with Crippen molar-refractivity contribution in [1.82, 2.24) is 10.2 Å². The number of thiophene rings is 1. The fourth-order valence-corrected chi connectivity index (χ4v) is 3.38. The molecule has 0 saturated carbocycles. The van der Waals surface area contributed by atoms with Gasteiger partial charge in [-0.3, -0.25) is 9.69 Å². The van der Waals surface area contributed by atoms with Crippen molar-refractivity contribution < 1.29 is 4.79 Å². The minimum atomic E-state index is 0.0172. The van der Waals surface area contributed by atoms with Crippen LogP contribution in [0.25, 0.3) is 0 Å². The number of amides is 1. The van der Waals surface area contributed by atoms with E-state index in [0.29, 0.717) is 6.54 Å². The maximum absolute atomic E-state index is 12.2. The lowest BCUT2D eigenvalue weighted by molar-refractivity contribution is -0.123. The molecular weight excluding hydrogens is 316 g/mol. The predicted octanol–water partition coefficient (Wildman–Crippen LogP) is 4.10. The Morgan fingerprint density at radius 1 is 1.27 bits per heavy atom. The molecule has 1 atom stereocenters. The van der Waals surface area contributed by atoms with Gasteiger partial charge in [0, 0.05) is 11.4 Å². The molecule has 118 valence electrons. The van der Waals surface area contributed by atoms with Crippen molar-refractivity contribution in [3.05, 3.63) is 57.2 Å². The molecule has 1 aromatic carbocycles. The number of hydrogen-bond acceptors (Lipinski definition) is 3. The van der Waals surface area contributed by atoms with Gasteiger partial charge in [-0.2, -0.15) is 0 Å². The van der Waals surface area contributed by atoms with Gasteiger partial charge < -0.3 is 5.32 Å². The summed E-state index contributed by atoms with van der Waals surface area (Å²) in [6.45, 7) is 6.03. The van der Waals surface area contributed by atoms with E-state index in [1.165, 1.54) is 4.88 Å². The van der Waals surface area contributed by atoms with Crippen LogP contribution in [0.15, 0.2) is 42.5 Å². The second-order valence-electron chi connectivity index (χ2n) is 5.21. The number of carbonyl (C=O) groups excluding carboxylic acids is 1. The summed E-state index contributed by atoms with van der Waals surface area (Å²) < 4.78 is 0.785. The van der Waals surface area contributed by atoms with Crippen molar-refractivity contribution in [2.45, 2.75) is 26.4 Å². The van der Waals surface area contributed by atoms with E-state index in [2.05, 4.69) is 17.1 Å². The van der Waals surface area contributed by atoms with Crippen LogP contribution in [-0.2, 0) is 11.3 Å². The Morgan fingerprint density at radius 3 is 2.59 bits per heavy atom. The number of nitrogens with one attached hydrogen (secondary N) is 1. The van der Waals surface area contributed by atoms with Crippen LogP contribution < -0.4 is 5.32 Å². The summed E-state index contributed by atoms with van der Waals surface area (Å²) in [6, 6.07) is 13.9. The first kappa shape index (κ1) is 17.0. The highest BCUT2D eigenvalue weighted by Gasteiger charge is 2.13. The molecule has 1 N–H and O–H groups in total. The molecule has 0 bridgehead atoms. The standard InChI is InChI=1S/C17H21ClN2OS/c1-3-20(11-15-9-10-16(18)22-15)12-17(21)19-13(2)14-7-5-4-6-8-14/h4-10,13H,3,11-12H2,1-2H3,(H,19,21). The first-order valence-electron chi connectivity index (χ1n) is 7.39. The molecule has 1 aromatic heterocycles. The van der Waals surface area contributed by atoms with Gasteiger partial charge in [0.2, 0.25) is 5.91 Å². The molecule has 5 heteroatoms. The molecule has 0 radical (unpaired) electrons. The van der Waals surface area contributed by atoms with Gasteiger partial charge in [-0.05, 0) is 31.2 Å². The molecule has 1 unspecified atom stereocenters. The Hall–Kier alpha value is -1.36. The zero-order chi connectivity index (χ0) is 15.9. The fourth-order valence-electron chi connectivity index (χ4n) is 2.25. The van der Waals surface area contributed by atoms with Crippen molar-refractivity contribution in [1.29, 1.82) is 0 Å². The van der Waals surface area contributed by atoms with Crippen molar-refractivity contribution >= 4 is 28.8 Å². The van der Waals surface area contributed by atoms with Gasteiger partial charge in [0.05, 0.1) is 16.9 Å². The van der Waals surface area contributed by atoms with Crippen molar-refractivity contribution in [2.75, 3.05) is 13.1 Å². The van der Waals surface area contributed by atoms with Gasteiger partial charge in [0.25, 0.3) is 0 Å². The summed E-state index contributed by atoms with van der Waals surface area (Å²) >= 11 is 7.51. The molecule has 0 saturated heterocycles. The zero-order valence-corrected chi connectivity index (χ0v) is 14.5. The summed E-state index contributed by atoms with van der Waals surface area (Å²) in [4.78, 5) is 15.5. The second kappa shape index (κ2) is 8.32. The molecule has 0 fully saturated rings. The van der Waals surface area contributed by atoms with Gasteiger partial charge in [-0.25, -0.2) is 0 Å².